The van der Waals surface area contributed by atoms with Crippen LogP contribution >= 0.6 is 0 Å². The molecule has 0 spiro atoms. The van der Waals surface area contributed by atoms with Gasteiger partial charge in [0.05, 0.1) is 0 Å². The summed E-state index contributed by atoms with van der Waals surface area (Å²) in [4.78, 5) is 0. The average molecular weight is 206 g/mol. The van der Waals surface area contributed by atoms with E-state index in [1.165, 1.54) is 12.1 Å². The first-order valence-electron chi connectivity index (χ1n) is 4.00. The molecule has 0 bridgehead atoms. The second-order valence-corrected chi connectivity index (χ2v) is 2.69. The molecule has 2 nitrogen and oxygen atoms in total. The Labute approximate surface area is 78.9 Å². The van der Waals surface area contributed by atoms with E-state index in [1.807, 2.05) is 0 Å². The van der Waals surface area contributed by atoms with Gasteiger partial charge in [0.15, 0.2) is 0 Å². The Bertz CT molecular complexity index is 320. The minimum absolute atomic E-state index is 0.249. The minimum atomic E-state index is -4.72. The van der Waals surface area contributed by atoms with Crippen molar-refractivity contribution in [2.24, 2.45) is 0 Å². The molecule has 0 amide bonds. The van der Waals surface area contributed by atoms with Crippen LogP contribution in [0.4, 0.5) is 13.2 Å². The van der Waals surface area contributed by atoms with Crippen molar-refractivity contribution in [2.75, 3.05) is 0 Å². The lowest BCUT2D eigenvalue weighted by Crippen LogP contribution is -2.18. The molecule has 0 aliphatic rings. The molecular weight excluding hydrogens is 197 g/mol. The molecule has 1 rings (SSSR count). The molecule has 0 unspecified atom stereocenters. The second-order valence-electron chi connectivity index (χ2n) is 2.69. The average Bonchev–Trinajstić information content (AvgIpc) is 2.01. The zero-order valence-electron chi connectivity index (χ0n) is 7.43. The van der Waals surface area contributed by atoms with Gasteiger partial charge in [0.25, 0.3) is 0 Å². The number of benzene rings is 1. The first kappa shape index (κ1) is 10.7. The van der Waals surface area contributed by atoms with Crippen molar-refractivity contribution in [3.63, 3.8) is 0 Å². The van der Waals surface area contributed by atoms with Crippen molar-refractivity contribution >= 4 is 0 Å². The lowest BCUT2D eigenvalue weighted by molar-refractivity contribution is -0.274. The Balaban J connectivity index is 2.99. The summed E-state index contributed by atoms with van der Waals surface area (Å²) in [6, 6.07) is 3.67. The van der Waals surface area contributed by atoms with Gasteiger partial charge in [0.1, 0.15) is 11.5 Å². The van der Waals surface area contributed by atoms with E-state index in [2.05, 4.69) is 4.74 Å². The number of rotatable bonds is 2. The highest BCUT2D eigenvalue weighted by atomic mass is 19.4. The molecule has 1 aromatic carbocycles. The van der Waals surface area contributed by atoms with Gasteiger partial charge in [0, 0.05) is 6.07 Å². The predicted molar refractivity (Wildman–Crippen MR) is 44.2 cm³/mol. The van der Waals surface area contributed by atoms with Crippen molar-refractivity contribution in [3.8, 4) is 11.5 Å². The van der Waals surface area contributed by atoms with Crippen molar-refractivity contribution in [1.82, 2.24) is 0 Å². The normalized spacial score (nSPS) is 11.4. The Hall–Kier alpha value is -1.39. The first-order valence-corrected chi connectivity index (χ1v) is 4.00. The molecule has 5 heteroatoms. The highest BCUT2D eigenvalue weighted by Crippen LogP contribution is 2.29. The fourth-order valence-corrected chi connectivity index (χ4v) is 1.06. The van der Waals surface area contributed by atoms with Gasteiger partial charge < -0.3 is 9.84 Å². The van der Waals surface area contributed by atoms with Crippen LogP contribution in [0.1, 0.15) is 12.5 Å². The van der Waals surface area contributed by atoms with Crippen molar-refractivity contribution in [2.45, 2.75) is 19.7 Å². The molecule has 0 aromatic heterocycles. The van der Waals surface area contributed by atoms with E-state index in [-0.39, 0.29) is 11.5 Å². The number of aryl methyl sites for hydroxylation is 1. The summed E-state index contributed by atoms with van der Waals surface area (Å²) < 4.78 is 39.4. The maximum absolute atomic E-state index is 11.9. The Morgan fingerprint density at radius 1 is 1.36 bits per heavy atom. The highest BCUT2D eigenvalue weighted by Gasteiger charge is 2.32. The summed E-state index contributed by atoms with van der Waals surface area (Å²) >= 11 is 0. The van der Waals surface area contributed by atoms with Crippen LogP contribution < -0.4 is 4.74 Å². The number of halogens is 3. The molecule has 14 heavy (non-hydrogen) atoms. The second kappa shape index (κ2) is 3.77. The number of hydrogen-bond acceptors (Lipinski definition) is 2. The molecule has 0 atom stereocenters. The quantitative estimate of drug-likeness (QED) is 0.806. The lowest BCUT2D eigenvalue weighted by Gasteiger charge is -2.12. The van der Waals surface area contributed by atoms with E-state index >= 15 is 0 Å². The van der Waals surface area contributed by atoms with E-state index in [1.54, 1.807) is 6.92 Å². The lowest BCUT2D eigenvalue weighted by atomic mass is 10.1. The fourth-order valence-electron chi connectivity index (χ4n) is 1.06. The van der Waals surface area contributed by atoms with Crippen molar-refractivity contribution in [1.29, 1.82) is 0 Å². The molecular formula is C9H9F3O2. The van der Waals surface area contributed by atoms with Crippen LogP contribution in [-0.4, -0.2) is 11.5 Å². The SMILES string of the molecule is CCc1ccc(O)cc1OC(F)(F)F. The van der Waals surface area contributed by atoms with E-state index in [4.69, 9.17) is 5.11 Å². The van der Waals surface area contributed by atoms with Gasteiger partial charge in [-0.05, 0) is 18.1 Å². The van der Waals surface area contributed by atoms with Crippen molar-refractivity contribution < 1.29 is 23.0 Å². The molecule has 0 saturated heterocycles. The first-order chi connectivity index (χ1) is 6.42. The molecule has 1 aromatic rings. The van der Waals surface area contributed by atoms with Crippen LogP contribution in [0.3, 0.4) is 0 Å². The molecule has 0 fully saturated rings. The number of phenolic OH excluding ortho intramolecular Hbond substituents is 1. The van der Waals surface area contributed by atoms with E-state index in [9.17, 15) is 13.2 Å². The zero-order valence-corrected chi connectivity index (χ0v) is 7.43. The van der Waals surface area contributed by atoms with Crippen LogP contribution in [0.25, 0.3) is 0 Å². The summed E-state index contributed by atoms with van der Waals surface area (Å²) in [5, 5.41) is 8.98. The monoisotopic (exact) mass is 206 g/mol. The summed E-state index contributed by atoms with van der Waals surface area (Å²) in [6.45, 7) is 1.70. The Kier molecular flexibility index (Phi) is 2.88. The maximum Gasteiger partial charge on any atom is 0.573 e. The molecule has 0 saturated carbocycles. The van der Waals surface area contributed by atoms with Crippen LogP contribution in [0.15, 0.2) is 18.2 Å². The third-order valence-corrected chi connectivity index (χ3v) is 1.66. The molecule has 0 aliphatic carbocycles. The number of aromatic hydroxyl groups is 1. The van der Waals surface area contributed by atoms with Gasteiger partial charge in [0.2, 0.25) is 0 Å². The minimum Gasteiger partial charge on any atom is -0.508 e. The predicted octanol–water partition coefficient (Wildman–Crippen LogP) is 2.85. The van der Waals surface area contributed by atoms with Gasteiger partial charge >= 0.3 is 6.36 Å². The highest BCUT2D eigenvalue weighted by molar-refractivity contribution is 5.40. The number of phenols is 1. The molecule has 1 N–H and O–H groups in total. The Morgan fingerprint density at radius 2 is 2.00 bits per heavy atom. The van der Waals surface area contributed by atoms with Crippen molar-refractivity contribution in [3.05, 3.63) is 23.8 Å². The van der Waals surface area contributed by atoms with E-state index < -0.39 is 6.36 Å². The van der Waals surface area contributed by atoms with E-state index in [0.717, 1.165) is 6.07 Å². The topological polar surface area (TPSA) is 29.5 Å². The maximum atomic E-state index is 11.9. The standard InChI is InChI=1S/C9H9F3O2/c1-2-6-3-4-7(13)5-8(6)14-9(10,11)12/h3-5,13H,2H2,1H3. The summed E-state index contributed by atoms with van der Waals surface area (Å²) in [6.07, 6.45) is -4.32. The Morgan fingerprint density at radius 3 is 2.50 bits per heavy atom. The summed E-state index contributed by atoms with van der Waals surface area (Å²) in [5.41, 5.74) is 0.403. The molecule has 0 aliphatic heterocycles. The third kappa shape index (κ3) is 2.83. The van der Waals surface area contributed by atoms with Gasteiger partial charge in [-0.25, -0.2) is 0 Å². The van der Waals surface area contributed by atoms with Gasteiger partial charge in [-0.1, -0.05) is 13.0 Å². The zero-order chi connectivity index (χ0) is 10.8. The molecule has 78 valence electrons. The van der Waals surface area contributed by atoms with Gasteiger partial charge in [-0.15, -0.1) is 13.2 Å². The van der Waals surface area contributed by atoms with Crippen LogP contribution in [0.2, 0.25) is 0 Å². The summed E-state index contributed by atoms with van der Waals surface area (Å²) in [5.74, 6) is -0.596. The smallest absolute Gasteiger partial charge is 0.508 e. The number of ether oxygens (including phenoxy) is 1. The molecule has 0 radical (unpaired) electrons. The largest absolute Gasteiger partial charge is 0.573 e. The number of alkyl halides is 3. The molecule has 0 heterocycles. The van der Waals surface area contributed by atoms with Crippen LogP contribution in [0, 0.1) is 0 Å². The third-order valence-electron chi connectivity index (χ3n) is 1.66. The van der Waals surface area contributed by atoms with Crippen LogP contribution in [-0.2, 0) is 6.42 Å². The van der Waals surface area contributed by atoms with Crippen LogP contribution in [0.5, 0.6) is 11.5 Å². The fraction of sp³-hybridized carbons (Fsp3) is 0.333. The van der Waals surface area contributed by atoms with Gasteiger partial charge in [-0.3, -0.25) is 0 Å². The van der Waals surface area contributed by atoms with E-state index in [0.29, 0.717) is 12.0 Å². The number of hydrogen-bond donors (Lipinski definition) is 1. The summed E-state index contributed by atoms with van der Waals surface area (Å²) in [7, 11) is 0. The van der Waals surface area contributed by atoms with Gasteiger partial charge in [-0.2, -0.15) is 0 Å².